The minimum atomic E-state index is -0.456. The Morgan fingerprint density at radius 3 is 2.76 bits per heavy atom. The third-order valence-corrected chi connectivity index (χ3v) is 7.58. The molecule has 9 heteroatoms. The Balaban J connectivity index is 1.24. The average molecular weight is 513 g/mol. The molecule has 2 aromatic carbocycles. The minimum absolute atomic E-state index is 0.00331. The maximum absolute atomic E-state index is 14.1. The van der Waals surface area contributed by atoms with Crippen molar-refractivity contribution in [2.24, 2.45) is 0 Å². The Morgan fingerprint density at radius 1 is 1.16 bits per heavy atom. The highest BCUT2D eigenvalue weighted by Crippen LogP contribution is 2.39. The molecule has 0 unspecified atom stereocenters. The van der Waals surface area contributed by atoms with Crippen LogP contribution in [0, 0.1) is 5.82 Å². The van der Waals surface area contributed by atoms with E-state index in [1.54, 1.807) is 18.5 Å². The standard InChI is InChI=1S/C29H29FN6O2/c1-36-14-10-29(11-15-36,28-32-27(34-35-28)19-8-12-31-13-9-19)33-22-5-2-4-20(16-22)25(37)17-21-18-38-26-23(21)6-3-7-24(26)30/h2-9,12-13,16,21,33H,10-11,14-15,17-18H2,1H3,(H,32,34,35)/t21-/m0/s1. The van der Waals surface area contributed by atoms with Crippen molar-refractivity contribution in [3.63, 3.8) is 0 Å². The van der Waals surface area contributed by atoms with Crippen LogP contribution in [0.4, 0.5) is 10.1 Å². The van der Waals surface area contributed by atoms with Gasteiger partial charge in [0.1, 0.15) is 0 Å². The zero-order chi connectivity index (χ0) is 26.1. The van der Waals surface area contributed by atoms with Gasteiger partial charge in [-0.05, 0) is 50.2 Å². The molecular weight excluding hydrogens is 483 g/mol. The van der Waals surface area contributed by atoms with E-state index in [-0.39, 0.29) is 29.7 Å². The van der Waals surface area contributed by atoms with E-state index in [0.717, 1.165) is 48.6 Å². The van der Waals surface area contributed by atoms with Gasteiger partial charge in [-0.3, -0.25) is 14.9 Å². The molecule has 0 radical (unpaired) electrons. The number of pyridine rings is 1. The van der Waals surface area contributed by atoms with E-state index in [1.165, 1.54) is 6.07 Å². The Morgan fingerprint density at radius 2 is 1.95 bits per heavy atom. The van der Waals surface area contributed by atoms with Gasteiger partial charge in [0.25, 0.3) is 0 Å². The number of carbonyl (C=O) groups excluding carboxylic acids is 1. The minimum Gasteiger partial charge on any atom is -0.490 e. The number of likely N-dealkylation sites (tertiary alicyclic amines) is 1. The van der Waals surface area contributed by atoms with Crippen molar-refractivity contribution in [3.8, 4) is 17.1 Å². The van der Waals surface area contributed by atoms with Crippen LogP contribution in [0.1, 0.15) is 46.9 Å². The molecule has 1 atom stereocenters. The second kappa shape index (κ2) is 9.98. The van der Waals surface area contributed by atoms with Gasteiger partial charge >= 0.3 is 0 Å². The number of carbonyl (C=O) groups is 1. The summed E-state index contributed by atoms with van der Waals surface area (Å²) >= 11 is 0. The number of hydrogen-bond acceptors (Lipinski definition) is 7. The lowest BCUT2D eigenvalue weighted by Crippen LogP contribution is -2.46. The number of anilines is 1. The lowest BCUT2D eigenvalue weighted by atomic mass is 9.86. The summed E-state index contributed by atoms with van der Waals surface area (Å²) in [6.45, 7) is 2.10. The number of ether oxygens (including phenoxy) is 1. The van der Waals surface area contributed by atoms with Gasteiger partial charge in [0.05, 0.1) is 12.1 Å². The van der Waals surface area contributed by atoms with Gasteiger partial charge in [-0.2, -0.15) is 5.10 Å². The van der Waals surface area contributed by atoms with Gasteiger partial charge in [0.2, 0.25) is 0 Å². The van der Waals surface area contributed by atoms with Gasteiger partial charge in [-0.25, -0.2) is 9.37 Å². The highest BCUT2D eigenvalue weighted by Gasteiger charge is 2.39. The second-order valence-electron chi connectivity index (χ2n) is 10.1. The maximum atomic E-state index is 14.1. The monoisotopic (exact) mass is 512 g/mol. The van der Waals surface area contributed by atoms with Gasteiger partial charge in [0, 0.05) is 60.2 Å². The molecule has 2 aromatic heterocycles. The summed E-state index contributed by atoms with van der Waals surface area (Å²) in [6, 6.07) is 16.2. The molecule has 2 aliphatic rings. The molecule has 4 heterocycles. The Labute approximate surface area is 220 Å². The molecule has 0 bridgehead atoms. The van der Waals surface area contributed by atoms with Gasteiger partial charge < -0.3 is 15.0 Å². The van der Waals surface area contributed by atoms with Crippen LogP contribution >= 0.6 is 0 Å². The molecule has 1 saturated heterocycles. The number of nitrogens with zero attached hydrogens (tertiary/aromatic N) is 4. The lowest BCUT2D eigenvalue weighted by molar-refractivity contribution is 0.0969. The van der Waals surface area contributed by atoms with Crippen LogP contribution in [0.3, 0.4) is 0 Å². The molecule has 1 fully saturated rings. The summed E-state index contributed by atoms with van der Waals surface area (Å²) in [4.78, 5) is 24.5. The molecule has 0 saturated carbocycles. The third kappa shape index (κ3) is 4.65. The number of benzene rings is 2. The predicted molar refractivity (Wildman–Crippen MR) is 142 cm³/mol. The summed E-state index contributed by atoms with van der Waals surface area (Å²) in [6.07, 6.45) is 5.37. The van der Waals surface area contributed by atoms with Gasteiger partial charge in [-0.1, -0.05) is 24.3 Å². The molecule has 6 rings (SSSR count). The Kier molecular flexibility index (Phi) is 6.37. The Hall–Kier alpha value is -4.11. The normalized spacial score (nSPS) is 18.5. The van der Waals surface area contributed by atoms with Crippen molar-refractivity contribution in [1.82, 2.24) is 25.1 Å². The van der Waals surface area contributed by atoms with Crippen molar-refractivity contribution in [3.05, 3.63) is 89.8 Å². The molecule has 8 nitrogen and oxygen atoms in total. The molecule has 0 aliphatic carbocycles. The van der Waals surface area contributed by atoms with Crippen LogP contribution in [-0.2, 0) is 5.54 Å². The molecule has 194 valence electrons. The zero-order valence-corrected chi connectivity index (χ0v) is 21.2. The summed E-state index contributed by atoms with van der Waals surface area (Å²) < 4.78 is 19.6. The smallest absolute Gasteiger partial charge is 0.181 e. The number of Topliss-reactive ketones (excluding diaryl/α,β-unsaturated/α-hetero) is 1. The molecule has 38 heavy (non-hydrogen) atoms. The van der Waals surface area contributed by atoms with E-state index in [0.29, 0.717) is 18.0 Å². The zero-order valence-electron chi connectivity index (χ0n) is 21.2. The number of rotatable bonds is 7. The highest BCUT2D eigenvalue weighted by molar-refractivity contribution is 5.97. The van der Waals surface area contributed by atoms with E-state index in [1.807, 2.05) is 42.5 Å². The number of nitrogens with one attached hydrogen (secondary N) is 2. The van der Waals surface area contributed by atoms with E-state index in [2.05, 4.69) is 32.4 Å². The first-order valence-electron chi connectivity index (χ1n) is 12.9. The maximum Gasteiger partial charge on any atom is 0.181 e. The number of para-hydroxylation sites is 1. The van der Waals surface area contributed by atoms with Crippen LogP contribution in [-0.4, -0.2) is 57.6 Å². The number of piperidine rings is 1. The van der Waals surface area contributed by atoms with E-state index < -0.39 is 5.54 Å². The third-order valence-electron chi connectivity index (χ3n) is 7.58. The largest absolute Gasteiger partial charge is 0.490 e. The first-order valence-corrected chi connectivity index (χ1v) is 12.9. The summed E-state index contributed by atoms with van der Waals surface area (Å²) in [5.41, 5.74) is 2.65. The average Bonchev–Trinajstić information content (AvgIpc) is 3.60. The van der Waals surface area contributed by atoms with Crippen LogP contribution in [0.15, 0.2) is 67.0 Å². The second-order valence-corrected chi connectivity index (χ2v) is 10.1. The summed E-state index contributed by atoms with van der Waals surface area (Å²) in [5, 5.41) is 11.4. The molecule has 0 amide bonds. The van der Waals surface area contributed by atoms with Crippen LogP contribution < -0.4 is 10.1 Å². The number of ketones is 1. The highest BCUT2D eigenvalue weighted by atomic mass is 19.1. The van der Waals surface area contributed by atoms with Crippen LogP contribution in [0.5, 0.6) is 5.75 Å². The fourth-order valence-electron chi connectivity index (χ4n) is 5.36. The van der Waals surface area contributed by atoms with E-state index in [9.17, 15) is 9.18 Å². The summed E-state index contributed by atoms with van der Waals surface area (Å²) in [5.74, 6) is 1.12. The fraction of sp³-hybridized carbons (Fsp3) is 0.310. The van der Waals surface area contributed by atoms with E-state index >= 15 is 0 Å². The number of H-pyrrole nitrogens is 1. The number of aromatic amines is 1. The molecular formula is C29H29FN6O2. The van der Waals surface area contributed by atoms with Gasteiger partial charge in [-0.15, -0.1) is 0 Å². The van der Waals surface area contributed by atoms with Crippen molar-refractivity contribution < 1.29 is 13.9 Å². The van der Waals surface area contributed by atoms with Crippen LogP contribution in [0.2, 0.25) is 0 Å². The fourth-order valence-corrected chi connectivity index (χ4v) is 5.36. The number of aromatic nitrogens is 4. The van der Waals surface area contributed by atoms with E-state index in [4.69, 9.17) is 9.72 Å². The number of fused-ring (bicyclic) bond motifs is 1. The predicted octanol–water partition coefficient (Wildman–Crippen LogP) is 4.79. The van der Waals surface area contributed by atoms with Crippen molar-refractivity contribution in [2.75, 3.05) is 32.1 Å². The lowest BCUT2D eigenvalue weighted by Gasteiger charge is -2.40. The first kappa shape index (κ1) is 24.2. The number of halogens is 1. The topological polar surface area (TPSA) is 96.0 Å². The molecule has 4 aromatic rings. The van der Waals surface area contributed by atoms with Crippen molar-refractivity contribution in [1.29, 1.82) is 0 Å². The van der Waals surface area contributed by atoms with Crippen molar-refractivity contribution >= 4 is 11.5 Å². The molecule has 0 spiro atoms. The molecule has 2 aliphatic heterocycles. The SMILES string of the molecule is CN1CCC(Nc2cccc(C(=O)C[C@H]3COc4c(F)cccc43)c2)(c2nc(-c3ccncc3)n[nH]2)CC1. The summed E-state index contributed by atoms with van der Waals surface area (Å²) in [7, 11) is 2.11. The van der Waals surface area contributed by atoms with Crippen molar-refractivity contribution in [2.45, 2.75) is 30.7 Å². The number of hydrogen-bond donors (Lipinski definition) is 2. The Bertz CT molecular complexity index is 1450. The van der Waals surface area contributed by atoms with Crippen LogP contribution in [0.25, 0.3) is 11.4 Å². The quantitative estimate of drug-likeness (QED) is 0.344. The molecule has 2 N–H and O–H groups in total. The first-order chi connectivity index (χ1) is 18.5. The van der Waals surface area contributed by atoms with Gasteiger partial charge in [0.15, 0.2) is 29.0 Å².